The van der Waals surface area contributed by atoms with Gasteiger partial charge < -0.3 is 10.1 Å². The molecule has 2 nitrogen and oxygen atoms in total. The minimum absolute atomic E-state index is 0.412. The Balaban J connectivity index is 1.83. The average molecular weight is 308 g/mol. The monoisotopic (exact) mass is 307 g/mol. The van der Waals surface area contributed by atoms with Crippen molar-refractivity contribution in [1.29, 1.82) is 0 Å². The van der Waals surface area contributed by atoms with Crippen LogP contribution in [0, 0.1) is 5.92 Å². The van der Waals surface area contributed by atoms with Gasteiger partial charge >= 0.3 is 0 Å². The molecule has 3 unspecified atom stereocenters. The third-order valence-electron chi connectivity index (χ3n) is 4.17. The molecule has 1 saturated carbocycles. The quantitative estimate of drug-likeness (QED) is 0.792. The summed E-state index contributed by atoms with van der Waals surface area (Å²) in [5.74, 6) is 1.54. The van der Waals surface area contributed by atoms with Gasteiger partial charge in [0, 0.05) is 17.3 Å². The van der Waals surface area contributed by atoms with E-state index in [0.717, 1.165) is 17.6 Å². The van der Waals surface area contributed by atoms with E-state index in [2.05, 4.69) is 56.6 Å². The van der Waals surface area contributed by atoms with Crippen molar-refractivity contribution < 1.29 is 4.74 Å². The molecule has 3 heteroatoms. The summed E-state index contributed by atoms with van der Waals surface area (Å²) >= 11 is 2.01. The van der Waals surface area contributed by atoms with Crippen LogP contribution in [0.3, 0.4) is 0 Å². The summed E-state index contributed by atoms with van der Waals surface area (Å²) < 4.78 is 5.74. The third-order valence-corrected chi connectivity index (χ3v) is 5.26. The summed E-state index contributed by atoms with van der Waals surface area (Å²) in [5, 5.41) is 4.62. The fourth-order valence-electron chi connectivity index (χ4n) is 2.87. The van der Waals surface area contributed by atoms with Crippen molar-refractivity contribution in [1.82, 2.24) is 5.32 Å². The number of rotatable bonds is 7. The van der Waals surface area contributed by atoms with E-state index in [4.69, 9.17) is 4.74 Å². The van der Waals surface area contributed by atoms with Crippen LogP contribution in [0.1, 0.15) is 51.6 Å². The molecular weight excluding hydrogens is 278 g/mol. The summed E-state index contributed by atoms with van der Waals surface area (Å²) in [7, 11) is 0. The molecule has 1 aromatic carbocycles. The molecule has 1 aromatic rings. The number of thioether (sulfide) groups is 1. The van der Waals surface area contributed by atoms with Gasteiger partial charge in [-0.25, -0.2) is 0 Å². The van der Waals surface area contributed by atoms with Gasteiger partial charge in [-0.05, 0) is 56.1 Å². The predicted molar refractivity (Wildman–Crippen MR) is 93.3 cm³/mol. The predicted octanol–water partition coefficient (Wildman–Crippen LogP) is 4.66. The second-order valence-electron chi connectivity index (χ2n) is 6.53. The fraction of sp³-hybridized carbons (Fsp3) is 0.667. The first-order chi connectivity index (χ1) is 10.1. The van der Waals surface area contributed by atoms with Crippen LogP contribution in [-0.4, -0.2) is 24.2 Å². The number of hydrogen-bond donors (Lipinski definition) is 1. The molecule has 21 heavy (non-hydrogen) atoms. The van der Waals surface area contributed by atoms with Crippen LogP contribution in [0.2, 0.25) is 0 Å². The fourth-order valence-corrected chi connectivity index (χ4v) is 3.67. The van der Waals surface area contributed by atoms with Crippen molar-refractivity contribution in [2.24, 2.45) is 5.92 Å². The van der Waals surface area contributed by atoms with E-state index in [-0.39, 0.29) is 0 Å². The maximum atomic E-state index is 5.74. The standard InChI is InChI=1S/C18H29NOS/c1-13(2)12-20-17-8-5-15(6-9-17)14(3)19-16-7-10-18(11-16)21-4/h5-6,8-9,13-14,16,18-19H,7,10-12H2,1-4H3. The van der Waals surface area contributed by atoms with Crippen molar-refractivity contribution in [2.75, 3.05) is 12.9 Å². The molecule has 0 amide bonds. The molecular formula is C18H29NOS. The van der Waals surface area contributed by atoms with E-state index in [1.807, 2.05) is 11.8 Å². The summed E-state index contributed by atoms with van der Waals surface area (Å²) in [4.78, 5) is 0. The van der Waals surface area contributed by atoms with Crippen molar-refractivity contribution in [3.05, 3.63) is 29.8 Å². The van der Waals surface area contributed by atoms with Crippen LogP contribution < -0.4 is 10.1 Å². The lowest BCUT2D eigenvalue weighted by Gasteiger charge is -2.20. The SMILES string of the molecule is CSC1CCC(NC(C)c2ccc(OCC(C)C)cc2)C1. The molecule has 0 aromatic heterocycles. The van der Waals surface area contributed by atoms with Gasteiger partial charge in [0.05, 0.1) is 6.61 Å². The van der Waals surface area contributed by atoms with E-state index in [9.17, 15) is 0 Å². The van der Waals surface area contributed by atoms with Crippen LogP contribution in [0.4, 0.5) is 0 Å². The lowest BCUT2D eigenvalue weighted by Crippen LogP contribution is -2.29. The highest BCUT2D eigenvalue weighted by Crippen LogP contribution is 2.30. The smallest absolute Gasteiger partial charge is 0.119 e. The van der Waals surface area contributed by atoms with Crippen molar-refractivity contribution in [3.8, 4) is 5.75 Å². The van der Waals surface area contributed by atoms with Crippen LogP contribution in [0.15, 0.2) is 24.3 Å². The lowest BCUT2D eigenvalue weighted by atomic mass is 10.1. The Morgan fingerprint density at radius 2 is 1.90 bits per heavy atom. The highest BCUT2D eigenvalue weighted by Gasteiger charge is 2.24. The second-order valence-corrected chi connectivity index (χ2v) is 7.67. The molecule has 0 bridgehead atoms. The Labute approximate surface area is 134 Å². The van der Waals surface area contributed by atoms with Gasteiger partial charge in [0.25, 0.3) is 0 Å². The molecule has 1 fully saturated rings. The van der Waals surface area contributed by atoms with E-state index in [1.54, 1.807) is 0 Å². The van der Waals surface area contributed by atoms with Gasteiger partial charge in [-0.15, -0.1) is 0 Å². The molecule has 1 aliphatic rings. The molecule has 0 heterocycles. The Kier molecular flexibility index (Phi) is 6.43. The van der Waals surface area contributed by atoms with E-state index < -0.39 is 0 Å². The van der Waals surface area contributed by atoms with Crippen LogP contribution in [-0.2, 0) is 0 Å². The first kappa shape index (κ1) is 16.7. The Hall–Kier alpha value is -0.670. The van der Waals surface area contributed by atoms with Gasteiger partial charge in [0.1, 0.15) is 5.75 Å². The summed E-state index contributed by atoms with van der Waals surface area (Å²) in [6.45, 7) is 7.38. The Bertz CT molecular complexity index is 418. The topological polar surface area (TPSA) is 21.3 Å². The highest BCUT2D eigenvalue weighted by molar-refractivity contribution is 7.99. The molecule has 0 spiro atoms. The number of hydrogen-bond acceptors (Lipinski definition) is 3. The van der Waals surface area contributed by atoms with Crippen molar-refractivity contribution >= 4 is 11.8 Å². The zero-order chi connectivity index (χ0) is 15.2. The first-order valence-corrected chi connectivity index (χ1v) is 9.39. The van der Waals surface area contributed by atoms with E-state index >= 15 is 0 Å². The minimum Gasteiger partial charge on any atom is -0.493 e. The van der Waals surface area contributed by atoms with Crippen LogP contribution >= 0.6 is 11.8 Å². The maximum absolute atomic E-state index is 5.74. The van der Waals surface area contributed by atoms with Crippen molar-refractivity contribution in [3.63, 3.8) is 0 Å². The van der Waals surface area contributed by atoms with Crippen LogP contribution in [0.5, 0.6) is 5.75 Å². The molecule has 1 aliphatic carbocycles. The van der Waals surface area contributed by atoms with Gasteiger partial charge in [-0.1, -0.05) is 26.0 Å². The molecule has 1 N–H and O–H groups in total. The van der Waals surface area contributed by atoms with Gasteiger partial charge in [-0.2, -0.15) is 11.8 Å². The molecule has 0 radical (unpaired) electrons. The Morgan fingerprint density at radius 1 is 1.19 bits per heavy atom. The molecule has 0 aliphatic heterocycles. The van der Waals surface area contributed by atoms with E-state index in [0.29, 0.717) is 18.0 Å². The Morgan fingerprint density at radius 3 is 2.48 bits per heavy atom. The summed E-state index contributed by atoms with van der Waals surface area (Å²) in [6, 6.07) is 9.65. The van der Waals surface area contributed by atoms with E-state index in [1.165, 1.54) is 24.8 Å². The number of nitrogens with one attached hydrogen (secondary N) is 1. The van der Waals surface area contributed by atoms with Gasteiger partial charge in [-0.3, -0.25) is 0 Å². The van der Waals surface area contributed by atoms with Gasteiger partial charge in [0.15, 0.2) is 0 Å². The number of ether oxygens (including phenoxy) is 1. The molecule has 0 saturated heterocycles. The largest absolute Gasteiger partial charge is 0.493 e. The second kappa shape index (κ2) is 8.09. The maximum Gasteiger partial charge on any atom is 0.119 e. The van der Waals surface area contributed by atoms with Crippen LogP contribution in [0.25, 0.3) is 0 Å². The molecule has 118 valence electrons. The summed E-state index contributed by atoms with van der Waals surface area (Å²) in [6.07, 6.45) is 6.20. The highest BCUT2D eigenvalue weighted by atomic mass is 32.2. The summed E-state index contributed by atoms with van der Waals surface area (Å²) in [5.41, 5.74) is 1.35. The number of benzene rings is 1. The zero-order valence-corrected chi connectivity index (χ0v) is 14.6. The minimum atomic E-state index is 0.412. The molecule has 2 rings (SSSR count). The van der Waals surface area contributed by atoms with Gasteiger partial charge in [0.2, 0.25) is 0 Å². The first-order valence-electron chi connectivity index (χ1n) is 8.10. The molecule has 3 atom stereocenters. The average Bonchev–Trinajstić information content (AvgIpc) is 2.93. The lowest BCUT2D eigenvalue weighted by molar-refractivity contribution is 0.271. The normalized spacial score (nSPS) is 23.5. The third kappa shape index (κ3) is 5.23. The van der Waals surface area contributed by atoms with Crippen molar-refractivity contribution in [2.45, 2.75) is 57.4 Å². The zero-order valence-electron chi connectivity index (χ0n) is 13.8.